The maximum absolute atomic E-state index is 12.7. The van der Waals surface area contributed by atoms with Gasteiger partial charge in [0.2, 0.25) is 0 Å². The second-order valence-electron chi connectivity index (χ2n) is 7.37. The Kier molecular flexibility index (Phi) is 6.00. The molecule has 6 heteroatoms. The highest BCUT2D eigenvalue weighted by Gasteiger charge is 2.29. The van der Waals surface area contributed by atoms with Gasteiger partial charge in [0.05, 0.1) is 25.2 Å². The zero-order chi connectivity index (χ0) is 20.1. The molecule has 4 rings (SSSR count). The zero-order valence-corrected chi connectivity index (χ0v) is 16.6. The van der Waals surface area contributed by atoms with E-state index >= 15 is 0 Å². The lowest BCUT2D eigenvalue weighted by Gasteiger charge is -2.32. The van der Waals surface area contributed by atoms with Crippen LogP contribution in [0.1, 0.15) is 52.0 Å². The fourth-order valence-electron chi connectivity index (χ4n) is 3.77. The van der Waals surface area contributed by atoms with Crippen molar-refractivity contribution >= 4 is 5.91 Å². The molecule has 1 aliphatic rings. The summed E-state index contributed by atoms with van der Waals surface area (Å²) in [5.74, 6) is 1.23. The Morgan fingerprint density at radius 1 is 1.21 bits per heavy atom. The number of furan rings is 1. The van der Waals surface area contributed by atoms with Crippen molar-refractivity contribution in [2.45, 2.75) is 38.9 Å². The molecule has 29 heavy (non-hydrogen) atoms. The van der Waals surface area contributed by atoms with Crippen molar-refractivity contribution in [3.8, 4) is 0 Å². The Bertz CT molecular complexity index is 941. The van der Waals surface area contributed by atoms with Crippen LogP contribution in [0.25, 0.3) is 0 Å². The van der Waals surface area contributed by atoms with Crippen molar-refractivity contribution in [1.82, 2.24) is 14.9 Å². The summed E-state index contributed by atoms with van der Waals surface area (Å²) in [4.78, 5) is 23.6. The first-order valence-corrected chi connectivity index (χ1v) is 9.97. The van der Waals surface area contributed by atoms with Gasteiger partial charge in [0.25, 0.3) is 5.91 Å². The highest BCUT2D eigenvalue weighted by atomic mass is 16.5. The molecule has 2 aromatic heterocycles. The van der Waals surface area contributed by atoms with Crippen molar-refractivity contribution in [1.29, 1.82) is 0 Å². The van der Waals surface area contributed by atoms with Gasteiger partial charge >= 0.3 is 0 Å². The molecule has 1 saturated heterocycles. The third-order valence-corrected chi connectivity index (χ3v) is 5.21. The lowest BCUT2D eigenvalue weighted by molar-refractivity contribution is 0.0671. The van der Waals surface area contributed by atoms with Gasteiger partial charge in [-0.15, -0.1) is 0 Å². The van der Waals surface area contributed by atoms with Crippen molar-refractivity contribution in [2.75, 3.05) is 13.1 Å². The third kappa shape index (κ3) is 4.71. The van der Waals surface area contributed by atoms with Gasteiger partial charge in [0.1, 0.15) is 5.82 Å². The number of hydrogen-bond acceptors (Lipinski definition) is 5. The van der Waals surface area contributed by atoms with E-state index in [1.807, 2.05) is 48.4 Å². The fourth-order valence-corrected chi connectivity index (χ4v) is 3.77. The summed E-state index contributed by atoms with van der Waals surface area (Å²) >= 11 is 0. The molecule has 1 atom stereocenters. The third-order valence-electron chi connectivity index (χ3n) is 5.21. The molecular weight excluding hydrogens is 366 g/mol. The number of carbonyl (C=O) groups excluding carboxylic acids is 1. The summed E-state index contributed by atoms with van der Waals surface area (Å²) in [5, 5.41) is 0. The molecule has 1 unspecified atom stereocenters. The number of rotatable bonds is 6. The molecule has 0 spiro atoms. The summed E-state index contributed by atoms with van der Waals surface area (Å²) in [6.45, 7) is 4.25. The summed E-state index contributed by atoms with van der Waals surface area (Å²) in [5.41, 5.74) is 3.11. The minimum Gasteiger partial charge on any atom is -0.459 e. The highest BCUT2D eigenvalue weighted by molar-refractivity contribution is 5.91. The lowest BCUT2D eigenvalue weighted by Crippen LogP contribution is -2.39. The molecule has 3 heterocycles. The van der Waals surface area contributed by atoms with Crippen LogP contribution in [-0.2, 0) is 18.0 Å². The predicted molar refractivity (Wildman–Crippen MR) is 108 cm³/mol. The van der Waals surface area contributed by atoms with E-state index in [2.05, 4.69) is 4.98 Å². The number of nitrogens with zero attached hydrogens (tertiary/aromatic N) is 3. The van der Waals surface area contributed by atoms with Crippen LogP contribution in [-0.4, -0.2) is 33.9 Å². The van der Waals surface area contributed by atoms with Crippen LogP contribution < -0.4 is 0 Å². The number of aryl methyl sites for hydroxylation is 1. The summed E-state index contributed by atoms with van der Waals surface area (Å²) in [6.07, 6.45) is 5.31. The Morgan fingerprint density at radius 2 is 2.07 bits per heavy atom. The van der Waals surface area contributed by atoms with E-state index in [-0.39, 0.29) is 11.8 Å². The first kappa shape index (κ1) is 19.3. The monoisotopic (exact) mass is 391 g/mol. The van der Waals surface area contributed by atoms with Gasteiger partial charge in [0, 0.05) is 30.8 Å². The van der Waals surface area contributed by atoms with E-state index < -0.39 is 0 Å². The Hall–Kier alpha value is -2.99. The van der Waals surface area contributed by atoms with Gasteiger partial charge in [-0.05, 0) is 37.5 Å². The molecule has 1 aromatic carbocycles. The number of ether oxygens (including phenoxy) is 1. The van der Waals surface area contributed by atoms with Gasteiger partial charge < -0.3 is 14.1 Å². The van der Waals surface area contributed by atoms with E-state index in [1.165, 1.54) is 6.26 Å². The van der Waals surface area contributed by atoms with Gasteiger partial charge in [-0.2, -0.15) is 0 Å². The average molecular weight is 391 g/mol. The molecule has 6 nitrogen and oxygen atoms in total. The normalized spacial score (nSPS) is 16.7. The standard InChI is InChI=1S/C23H25N3O3/c1-17-24-13-20(16-28-15-18-7-3-2-4-8-18)22(25-17)19-9-5-11-26(14-19)23(27)21-10-6-12-29-21/h2-4,6-8,10,12-13,19H,5,9,11,14-16H2,1H3. The molecule has 1 fully saturated rings. The quantitative estimate of drug-likeness (QED) is 0.632. The number of piperidine rings is 1. The van der Waals surface area contributed by atoms with Crippen LogP contribution in [0.15, 0.2) is 59.3 Å². The minimum absolute atomic E-state index is 0.0626. The zero-order valence-electron chi connectivity index (χ0n) is 16.6. The van der Waals surface area contributed by atoms with Gasteiger partial charge in [0.15, 0.2) is 5.76 Å². The molecule has 1 aliphatic heterocycles. The van der Waals surface area contributed by atoms with Crippen LogP contribution in [0.4, 0.5) is 0 Å². The summed E-state index contributed by atoms with van der Waals surface area (Å²) < 4.78 is 11.2. The maximum Gasteiger partial charge on any atom is 0.289 e. The van der Waals surface area contributed by atoms with E-state index in [4.69, 9.17) is 14.1 Å². The van der Waals surface area contributed by atoms with Crippen molar-refractivity contribution in [3.63, 3.8) is 0 Å². The first-order chi connectivity index (χ1) is 14.2. The summed E-state index contributed by atoms with van der Waals surface area (Å²) in [6, 6.07) is 13.6. The minimum atomic E-state index is -0.0626. The van der Waals surface area contributed by atoms with Crippen LogP contribution in [0, 0.1) is 6.92 Å². The number of benzene rings is 1. The Morgan fingerprint density at radius 3 is 2.86 bits per heavy atom. The second-order valence-corrected chi connectivity index (χ2v) is 7.37. The van der Waals surface area contributed by atoms with Crippen molar-refractivity contribution < 1.29 is 13.9 Å². The van der Waals surface area contributed by atoms with Crippen LogP contribution in [0.5, 0.6) is 0 Å². The maximum atomic E-state index is 12.7. The number of aromatic nitrogens is 2. The van der Waals surface area contributed by atoms with E-state index in [0.717, 1.165) is 42.0 Å². The van der Waals surface area contributed by atoms with E-state index in [1.54, 1.807) is 12.1 Å². The van der Waals surface area contributed by atoms with Crippen molar-refractivity contribution in [2.24, 2.45) is 0 Å². The molecule has 0 N–H and O–H groups in total. The van der Waals surface area contributed by atoms with Crippen LogP contribution >= 0.6 is 0 Å². The molecule has 0 radical (unpaired) electrons. The molecule has 3 aromatic rings. The predicted octanol–water partition coefficient (Wildman–Crippen LogP) is 4.11. The Labute approximate surface area is 170 Å². The number of hydrogen-bond donors (Lipinski definition) is 0. The largest absolute Gasteiger partial charge is 0.459 e. The van der Waals surface area contributed by atoms with Gasteiger partial charge in [-0.25, -0.2) is 9.97 Å². The summed E-state index contributed by atoms with van der Waals surface area (Å²) in [7, 11) is 0. The van der Waals surface area contributed by atoms with Crippen LogP contribution in [0.3, 0.4) is 0 Å². The SMILES string of the molecule is Cc1ncc(COCc2ccccc2)c(C2CCCN(C(=O)c3ccco3)C2)n1. The lowest BCUT2D eigenvalue weighted by atomic mass is 9.92. The molecule has 1 amide bonds. The van der Waals surface area contributed by atoms with E-state index in [9.17, 15) is 4.79 Å². The molecule has 150 valence electrons. The van der Waals surface area contributed by atoms with Crippen LogP contribution in [0.2, 0.25) is 0 Å². The first-order valence-electron chi connectivity index (χ1n) is 9.97. The fraction of sp³-hybridized carbons (Fsp3) is 0.348. The highest BCUT2D eigenvalue weighted by Crippen LogP contribution is 2.29. The van der Waals surface area contributed by atoms with Crippen molar-refractivity contribution in [3.05, 3.63) is 83.3 Å². The van der Waals surface area contributed by atoms with Gasteiger partial charge in [-0.3, -0.25) is 4.79 Å². The number of amides is 1. The second kappa shape index (κ2) is 9.01. The number of likely N-dealkylation sites (tertiary alicyclic amines) is 1. The average Bonchev–Trinajstić information content (AvgIpc) is 3.30. The van der Waals surface area contributed by atoms with Gasteiger partial charge in [-0.1, -0.05) is 30.3 Å². The number of carbonyl (C=O) groups is 1. The smallest absolute Gasteiger partial charge is 0.289 e. The molecule has 0 bridgehead atoms. The topological polar surface area (TPSA) is 68.5 Å². The molecule has 0 saturated carbocycles. The molecule has 0 aliphatic carbocycles. The Balaban J connectivity index is 1.46. The van der Waals surface area contributed by atoms with E-state index in [0.29, 0.717) is 25.5 Å². The molecular formula is C23H25N3O3.